The number of benzene rings is 1. The molecule has 0 spiro atoms. The molecule has 2 aliphatic heterocycles. The number of rotatable bonds is 3. The van der Waals surface area contributed by atoms with Crippen molar-refractivity contribution in [3.63, 3.8) is 0 Å². The maximum atomic E-state index is 11.6. The first-order valence-electron chi connectivity index (χ1n) is 5.56. The average molecular weight is 239 g/mol. The smallest absolute Gasteiger partial charge is 0.265 e. The Morgan fingerprint density at radius 2 is 1.83 bits per heavy atom. The lowest BCUT2D eigenvalue weighted by molar-refractivity contribution is -0.111. The summed E-state index contributed by atoms with van der Waals surface area (Å²) in [5.41, 5.74) is 1.32. The van der Waals surface area contributed by atoms with Crippen molar-refractivity contribution in [2.75, 3.05) is 0 Å². The Bertz CT molecular complexity index is 613. The summed E-state index contributed by atoms with van der Waals surface area (Å²) in [4.78, 5) is 19.6. The van der Waals surface area contributed by atoms with Crippen LogP contribution in [0.25, 0.3) is 0 Å². The van der Waals surface area contributed by atoms with Gasteiger partial charge in [0.15, 0.2) is 0 Å². The van der Waals surface area contributed by atoms with Gasteiger partial charge in [0.05, 0.1) is 0 Å². The van der Waals surface area contributed by atoms with Crippen molar-refractivity contribution < 1.29 is 4.79 Å². The Balaban J connectivity index is 1.73. The third-order valence-corrected chi connectivity index (χ3v) is 2.64. The largest absolute Gasteiger partial charge is 0.303 e. The van der Waals surface area contributed by atoms with E-state index in [0.717, 1.165) is 6.42 Å². The van der Waals surface area contributed by atoms with Crippen molar-refractivity contribution in [2.45, 2.75) is 12.8 Å². The van der Waals surface area contributed by atoms with Gasteiger partial charge in [-0.3, -0.25) is 4.79 Å². The molecule has 6 heteroatoms. The first kappa shape index (κ1) is 10.6. The van der Waals surface area contributed by atoms with Gasteiger partial charge in [-0.05, 0) is 17.2 Å². The molecule has 0 radical (unpaired) electrons. The molecule has 2 aliphatic rings. The first-order chi connectivity index (χ1) is 8.83. The lowest BCUT2D eigenvalue weighted by Gasteiger charge is -2.06. The zero-order valence-electron chi connectivity index (χ0n) is 9.45. The normalized spacial score (nSPS) is 17.1. The van der Waals surface area contributed by atoms with Crippen LogP contribution in [0.3, 0.4) is 0 Å². The van der Waals surface area contributed by atoms with E-state index < -0.39 is 5.91 Å². The van der Waals surface area contributed by atoms with Crippen LogP contribution in [0.1, 0.15) is 12.0 Å². The molecule has 1 aromatic rings. The van der Waals surface area contributed by atoms with Crippen molar-refractivity contribution in [1.29, 1.82) is 0 Å². The molecule has 0 saturated heterocycles. The van der Waals surface area contributed by atoms with E-state index in [4.69, 9.17) is 0 Å². The summed E-state index contributed by atoms with van der Waals surface area (Å²) in [6, 6.07) is 9.98. The minimum absolute atomic E-state index is 0.137. The summed E-state index contributed by atoms with van der Waals surface area (Å²) in [6.45, 7) is 0. The molecule has 88 valence electrons. The summed E-state index contributed by atoms with van der Waals surface area (Å²) >= 11 is 0. The molecule has 3 rings (SSSR count). The highest BCUT2D eigenvalue weighted by molar-refractivity contribution is 6.69. The molecule has 0 aromatic heterocycles. The molecule has 0 bridgehead atoms. The number of hydrogen-bond donors (Lipinski definition) is 0. The topological polar surface area (TPSA) is 78.9 Å². The Hall–Kier alpha value is -2.50. The number of fused-ring (bicyclic) bond motifs is 1. The molecule has 18 heavy (non-hydrogen) atoms. The summed E-state index contributed by atoms with van der Waals surface area (Å²) in [5.74, 6) is 0.352. The number of aliphatic imine (C=N–C) groups is 2. The lowest BCUT2D eigenvalue weighted by atomic mass is 10.1. The quantitative estimate of drug-likeness (QED) is 0.791. The molecular formula is C12H9N5O. The number of aryl methyl sites for hydroxylation is 1. The Labute approximate surface area is 103 Å². The number of hydrogen-bond acceptors (Lipinski definition) is 5. The van der Waals surface area contributed by atoms with Crippen LogP contribution in [0.5, 0.6) is 0 Å². The fourth-order valence-corrected chi connectivity index (χ4v) is 1.75. The van der Waals surface area contributed by atoms with E-state index in [2.05, 4.69) is 25.4 Å². The Morgan fingerprint density at radius 3 is 2.67 bits per heavy atom. The van der Waals surface area contributed by atoms with Crippen LogP contribution in [0.15, 0.2) is 55.8 Å². The predicted molar refractivity (Wildman–Crippen MR) is 66.9 cm³/mol. The van der Waals surface area contributed by atoms with Gasteiger partial charge in [0.25, 0.3) is 0 Å². The number of nitrogens with zero attached hydrogens (tertiary/aromatic N) is 5. The maximum Gasteiger partial charge on any atom is 0.303 e. The molecule has 1 aromatic carbocycles. The lowest BCUT2D eigenvalue weighted by Crippen LogP contribution is -2.25. The van der Waals surface area contributed by atoms with Crippen LogP contribution >= 0.6 is 0 Å². The van der Waals surface area contributed by atoms with Gasteiger partial charge in [0.2, 0.25) is 11.5 Å². The van der Waals surface area contributed by atoms with Crippen molar-refractivity contribution in [1.82, 2.24) is 0 Å². The second-order valence-electron chi connectivity index (χ2n) is 3.89. The highest BCUT2D eigenvalue weighted by Crippen LogP contribution is 2.11. The summed E-state index contributed by atoms with van der Waals surface area (Å²) in [6.07, 6.45) is 1.38. The Morgan fingerprint density at radius 1 is 1.00 bits per heavy atom. The van der Waals surface area contributed by atoms with Gasteiger partial charge < -0.3 is 0 Å². The summed E-state index contributed by atoms with van der Waals surface area (Å²) in [7, 11) is 0. The van der Waals surface area contributed by atoms with E-state index in [1.54, 1.807) is 0 Å². The zero-order valence-corrected chi connectivity index (χ0v) is 9.45. The third kappa shape index (κ3) is 2.00. The second kappa shape index (κ2) is 4.40. The summed E-state index contributed by atoms with van der Waals surface area (Å²) in [5, 5.41) is 10.7. The van der Waals surface area contributed by atoms with Crippen LogP contribution in [0.4, 0.5) is 0 Å². The Kier molecular flexibility index (Phi) is 2.60. The van der Waals surface area contributed by atoms with E-state index in [1.165, 1.54) is 5.56 Å². The van der Waals surface area contributed by atoms with Gasteiger partial charge in [-0.1, -0.05) is 30.3 Å². The van der Waals surface area contributed by atoms with Gasteiger partial charge in [0.1, 0.15) is 5.84 Å². The monoisotopic (exact) mass is 239 g/mol. The predicted octanol–water partition coefficient (Wildman–Crippen LogP) is 1.78. The molecular weight excluding hydrogens is 230 g/mol. The van der Waals surface area contributed by atoms with E-state index >= 15 is 0 Å². The summed E-state index contributed by atoms with van der Waals surface area (Å²) < 4.78 is 0. The van der Waals surface area contributed by atoms with Gasteiger partial charge in [0, 0.05) is 6.42 Å². The minimum atomic E-state index is -0.409. The highest BCUT2D eigenvalue weighted by atomic mass is 16.1. The van der Waals surface area contributed by atoms with Crippen LogP contribution in [0, 0.1) is 0 Å². The average Bonchev–Trinajstić information content (AvgIpc) is 2.86. The van der Waals surface area contributed by atoms with E-state index in [1.807, 2.05) is 30.3 Å². The van der Waals surface area contributed by atoms with Crippen LogP contribution in [0.2, 0.25) is 0 Å². The van der Waals surface area contributed by atoms with Crippen LogP contribution < -0.4 is 0 Å². The molecule has 6 nitrogen and oxygen atoms in total. The fourth-order valence-electron chi connectivity index (χ4n) is 1.75. The van der Waals surface area contributed by atoms with E-state index in [9.17, 15) is 4.79 Å². The van der Waals surface area contributed by atoms with Crippen LogP contribution in [-0.2, 0) is 11.2 Å². The van der Waals surface area contributed by atoms with Crippen molar-refractivity contribution in [3.8, 4) is 0 Å². The first-order valence-corrected chi connectivity index (χ1v) is 5.56. The number of amidine groups is 2. The van der Waals surface area contributed by atoms with E-state index in [-0.39, 0.29) is 11.5 Å². The van der Waals surface area contributed by atoms with Gasteiger partial charge >= 0.3 is 5.91 Å². The van der Waals surface area contributed by atoms with Gasteiger partial charge in [-0.15, -0.1) is 10.2 Å². The van der Waals surface area contributed by atoms with Crippen molar-refractivity contribution in [3.05, 3.63) is 35.9 Å². The maximum absolute atomic E-state index is 11.6. The van der Waals surface area contributed by atoms with Gasteiger partial charge in [-0.25, -0.2) is 4.99 Å². The molecule has 1 amide bonds. The fraction of sp³-hybridized carbons (Fsp3) is 0.167. The molecule has 0 unspecified atom stereocenters. The molecule has 0 atom stereocenters. The number of carbonyl (C=O) groups excluding carboxylic acids is 1. The SMILES string of the molecule is O=C1N=C(CCc2ccccc2)N=C2N=NN=C12. The van der Waals surface area contributed by atoms with Crippen LogP contribution in [-0.4, -0.2) is 23.3 Å². The van der Waals surface area contributed by atoms with E-state index in [0.29, 0.717) is 12.3 Å². The second-order valence-corrected chi connectivity index (χ2v) is 3.89. The molecule has 2 heterocycles. The number of carbonyl (C=O) groups is 1. The van der Waals surface area contributed by atoms with Crippen molar-refractivity contribution in [2.24, 2.45) is 25.4 Å². The highest BCUT2D eigenvalue weighted by Gasteiger charge is 2.27. The molecule has 0 aliphatic carbocycles. The molecule has 0 fully saturated rings. The molecule has 0 N–H and O–H groups in total. The third-order valence-electron chi connectivity index (χ3n) is 2.64. The number of amides is 1. The van der Waals surface area contributed by atoms with Crippen molar-refractivity contribution >= 4 is 23.3 Å². The zero-order chi connectivity index (χ0) is 12.4. The standard InChI is InChI=1S/C12H9N5O/c18-12-10-11(16-17-15-10)13-9(14-12)7-6-8-4-2-1-3-5-8/h1-5H,6-7H2. The molecule has 0 saturated carbocycles. The van der Waals surface area contributed by atoms with Gasteiger partial charge in [-0.2, -0.15) is 4.99 Å². The minimum Gasteiger partial charge on any atom is -0.265 e.